The van der Waals surface area contributed by atoms with Gasteiger partial charge in [-0.15, -0.1) is 0 Å². The molecule has 5 nitrogen and oxygen atoms in total. The monoisotopic (exact) mass is 429 g/mol. The van der Waals surface area contributed by atoms with Crippen molar-refractivity contribution < 1.29 is 19.3 Å². The van der Waals surface area contributed by atoms with E-state index in [0.29, 0.717) is 29.4 Å². The molecule has 0 aliphatic heterocycles. The van der Waals surface area contributed by atoms with Crippen LogP contribution in [0.3, 0.4) is 0 Å². The van der Waals surface area contributed by atoms with E-state index in [0.717, 1.165) is 15.8 Å². The number of hydrogen-bond acceptors (Lipinski definition) is 5. The third kappa shape index (κ3) is 4.99. The molecule has 0 saturated carbocycles. The summed E-state index contributed by atoms with van der Waals surface area (Å²) >= 11 is 3.48. The molecule has 3 aromatic rings. The van der Waals surface area contributed by atoms with Gasteiger partial charge in [-0.05, 0) is 47.5 Å². The molecule has 0 aliphatic rings. The van der Waals surface area contributed by atoms with E-state index >= 15 is 0 Å². The maximum Gasteiger partial charge on any atom is 0.212 e. The quantitative estimate of drug-likeness (QED) is 0.597. The molecule has 3 rings (SSSR count). The largest absolute Gasteiger partial charge is 0.497 e. The fourth-order valence-corrected chi connectivity index (χ4v) is 3.07. The van der Waals surface area contributed by atoms with Crippen LogP contribution in [0, 0.1) is 0 Å². The summed E-state index contributed by atoms with van der Waals surface area (Å²) in [5.41, 5.74) is 2.41. The number of halogens is 1. The summed E-state index contributed by atoms with van der Waals surface area (Å²) in [6, 6.07) is 16.7. The van der Waals surface area contributed by atoms with Gasteiger partial charge in [0.15, 0.2) is 0 Å². The SMILES string of the molecule is COc1ccc(COc2cc(Br)cc(C(O)c3ccc(OC)nc3)c2)cc1. The van der Waals surface area contributed by atoms with E-state index in [1.807, 2.05) is 42.5 Å². The molecular weight excluding hydrogens is 410 g/mol. The number of ether oxygens (including phenoxy) is 3. The lowest BCUT2D eigenvalue weighted by atomic mass is 10.0. The second-order valence-electron chi connectivity index (χ2n) is 5.89. The van der Waals surface area contributed by atoms with Gasteiger partial charge in [0.1, 0.15) is 24.2 Å². The smallest absolute Gasteiger partial charge is 0.212 e. The van der Waals surface area contributed by atoms with Gasteiger partial charge in [0.2, 0.25) is 5.88 Å². The van der Waals surface area contributed by atoms with Gasteiger partial charge in [0.05, 0.1) is 14.2 Å². The van der Waals surface area contributed by atoms with E-state index in [-0.39, 0.29) is 0 Å². The Labute approximate surface area is 166 Å². The first-order valence-electron chi connectivity index (χ1n) is 8.33. The summed E-state index contributed by atoms with van der Waals surface area (Å²) in [5.74, 6) is 1.97. The highest BCUT2D eigenvalue weighted by Gasteiger charge is 2.13. The minimum atomic E-state index is -0.816. The molecule has 0 fully saturated rings. The topological polar surface area (TPSA) is 60.8 Å². The van der Waals surface area contributed by atoms with Crippen molar-refractivity contribution >= 4 is 15.9 Å². The molecular formula is C21H20BrNO4. The van der Waals surface area contributed by atoms with Crippen molar-refractivity contribution in [2.45, 2.75) is 12.7 Å². The van der Waals surface area contributed by atoms with Crippen molar-refractivity contribution in [3.05, 3.63) is 82.0 Å². The maximum atomic E-state index is 10.7. The normalized spacial score (nSPS) is 11.7. The highest BCUT2D eigenvalue weighted by molar-refractivity contribution is 9.10. The van der Waals surface area contributed by atoms with Gasteiger partial charge >= 0.3 is 0 Å². The minimum Gasteiger partial charge on any atom is -0.497 e. The zero-order chi connectivity index (χ0) is 19.2. The first-order chi connectivity index (χ1) is 13.1. The van der Waals surface area contributed by atoms with Gasteiger partial charge in [0.25, 0.3) is 0 Å². The van der Waals surface area contributed by atoms with Gasteiger partial charge in [-0.3, -0.25) is 0 Å². The van der Waals surface area contributed by atoms with Crippen molar-refractivity contribution in [1.29, 1.82) is 0 Å². The lowest BCUT2D eigenvalue weighted by Crippen LogP contribution is -2.02. The number of methoxy groups -OCH3 is 2. The van der Waals surface area contributed by atoms with Crippen LogP contribution >= 0.6 is 15.9 Å². The summed E-state index contributed by atoms with van der Waals surface area (Å²) < 4.78 is 16.9. The molecule has 0 saturated heterocycles. The van der Waals surface area contributed by atoms with E-state index in [9.17, 15) is 5.11 Å². The minimum absolute atomic E-state index is 0.417. The van der Waals surface area contributed by atoms with Crippen molar-refractivity contribution in [2.24, 2.45) is 0 Å². The van der Waals surface area contributed by atoms with Crippen molar-refractivity contribution in [2.75, 3.05) is 14.2 Å². The van der Waals surface area contributed by atoms with Crippen LogP contribution in [0.5, 0.6) is 17.4 Å². The van der Waals surface area contributed by atoms with Crippen LogP contribution in [0.4, 0.5) is 0 Å². The average Bonchev–Trinajstić information content (AvgIpc) is 2.71. The third-order valence-electron chi connectivity index (χ3n) is 4.06. The number of rotatable bonds is 7. The Morgan fingerprint density at radius 2 is 1.70 bits per heavy atom. The van der Waals surface area contributed by atoms with Crippen molar-refractivity contribution in [3.8, 4) is 17.4 Å². The van der Waals surface area contributed by atoms with Gasteiger partial charge in [-0.2, -0.15) is 0 Å². The molecule has 2 aromatic carbocycles. The standard InChI is InChI=1S/C21H20BrNO4/c1-25-18-6-3-14(4-7-18)13-27-19-10-16(9-17(22)11-19)21(24)15-5-8-20(26-2)23-12-15/h3-12,21,24H,13H2,1-2H3. The molecule has 0 spiro atoms. The lowest BCUT2D eigenvalue weighted by Gasteiger charge is -2.14. The number of aliphatic hydroxyl groups excluding tert-OH is 1. The molecule has 0 radical (unpaired) electrons. The van der Waals surface area contributed by atoms with Crippen LogP contribution in [0.1, 0.15) is 22.8 Å². The number of aliphatic hydroxyl groups is 1. The molecule has 0 bridgehead atoms. The summed E-state index contributed by atoms with van der Waals surface area (Å²) in [6.45, 7) is 0.417. The fraction of sp³-hybridized carbons (Fsp3) is 0.190. The van der Waals surface area contributed by atoms with Gasteiger partial charge in [0, 0.05) is 22.3 Å². The molecule has 0 aliphatic carbocycles. The zero-order valence-corrected chi connectivity index (χ0v) is 16.6. The van der Waals surface area contributed by atoms with Crippen LogP contribution in [-0.4, -0.2) is 24.3 Å². The second kappa shape index (κ2) is 8.88. The second-order valence-corrected chi connectivity index (χ2v) is 6.81. The van der Waals surface area contributed by atoms with Gasteiger partial charge in [-0.1, -0.05) is 28.1 Å². The average molecular weight is 430 g/mol. The van der Waals surface area contributed by atoms with Crippen LogP contribution in [0.15, 0.2) is 65.3 Å². The van der Waals surface area contributed by atoms with Crippen molar-refractivity contribution in [1.82, 2.24) is 4.98 Å². The first kappa shape index (κ1) is 19.2. The number of benzene rings is 2. The van der Waals surface area contributed by atoms with Gasteiger partial charge in [-0.25, -0.2) is 4.98 Å². The van der Waals surface area contributed by atoms with Crippen LogP contribution in [-0.2, 0) is 6.61 Å². The van der Waals surface area contributed by atoms with Crippen molar-refractivity contribution in [3.63, 3.8) is 0 Å². The maximum absolute atomic E-state index is 10.7. The Balaban J connectivity index is 1.74. The lowest BCUT2D eigenvalue weighted by molar-refractivity contribution is 0.218. The van der Waals surface area contributed by atoms with Crippen LogP contribution < -0.4 is 14.2 Å². The fourth-order valence-electron chi connectivity index (χ4n) is 2.58. The van der Waals surface area contributed by atoms with Crippen LogP contribution in [0.2, 0.25) is 0 Å². The number of nitrogens with zero attached hydrogens (tertiary/aromatic N) is 1. The Morgan fingerprint density at radius 3 is 2.33 bits per heavy atom. The Morgan fingerprint density at radius 1 is 0.926 bits per heavy atom. The molecule has 1 atom stereocenters. The Bertz CT molecular complexity index is 882. The molecule has 1 heterocycles. The molecule has 0 amide bonds. The zero-order valence-electron chi connectivity index (χ0n) is 15.1. The first-order valence-corrected chi connectivity index (χ1v) is 9.12. The highest BCUT2D eigenvalue weighted by Crippen LogP contribution is 2.30. The summed E-state index contributed by atoms with van der Waals surface area (Å²) in [7, 11) is 3.19. The summed E-state index contributed by atoms with van der Waals surface area (Å²) in [4.78, 5) is 4.14. The molecule has 1 unspecified atom stereocenters. The van der Waals surface area contributed by atoms with E-state index in [2.05, 4.69) is 20.9 Å². The van der Waals surface area contributed by atoms with Gasteiger partial charge < -0.3 is 19.3 Å². The van der Waals surface area contributed by atoms with Crippen LogP contribution in [0.25, 0.3) is 0 Å². The van der Waals surface area contributed by atoms with E-state index < -0.39 is 6.10 Å². The summed E-state index contributed by atoms with van der Waals surface area (Å²) in [6.07, 6.45) is 0.784. The predicted octanol–water partition coefficient (Wildman–Crippen LogP) is 4.52. The number of aromatic nitrogens is 1. The highest BCUT2D eigenvalue weighted by atomic mass is 79.9. The number of hydrogen-bond donors (Lipinski definition) is 1. The summed E-state index contributed by atoms with van der Waals surface area (Å²) in [5, 5.41) is 10.7. The molecule has 1 N–H and O–H groups in total. The predicted molar refractivity (Wildman–Crippen MR) is 106 cm³/mol. The van der Waals surface area contributed by atoms with E-state index in [1.165, 1.54) is 0 Å². The third-order valence-corrected chi connectivity index (χ3v) is 4.52. The molecule has 27 heavy (non-hydrogen) atoms. The Hall–Kier alpha value is -2.57. The Kier molecular flexibility index (Phi) is 6.32. The number of pyridine rings is 1. The molecule has 140 valence electrons. The van der Waals surface area contributed by atoms with E-state index in [4.69, 9.17) is 14.2 Å². The van der Waals surface area contributed by atoms with E-state index in [1.54, 1.807) is 32.5 Å². The molecule has 1 aromatic heterocycles. The molecule has 6 heteroatoms.